The second-order valence-corrected chi connectivity index (χ2v) is 8.83. The Morgan fingerprint density at radius 3 is 2.56 bits per heavy atom. The molecule has 0 radical (unpaired) electrons. The van der Waals surface area contributed by atoms with E-state index in [2.05, 4.69) is 25.6 Å². The molecule has 3 aromatic carbocycles. The minimum Gasteiger partial charge on any atom is -0.489 e. The van der Waals surface area contributed by atoms with Gasteiger partial charge in [-0.3, -0.25) is 9.78 Å². The molecule has 0 spiro atoms. The zero-order valence-corrected chi connectivity index (χ0v) is 21.4. The number of amides is 1. The molecule has 0 aliphatic rings. The number of benzene rings is 3. The van der Waals surface area contributed by atoms with E-state index in [1.807, 2.05) is 97.9 Å². The van der Waals surface area contributed by atoms with Crippen LogP contribution in [0.1, 0.15) is 16.7 Å². The summed E-state index contributed by atoms with van der Waals surface area (Å²) in [5.41, 5.74) is 6.13. The van der Waals surface area contributed by atoms with Crippen LogP contribution in [-0.4, -0.2) is 20.9 Å². The number of hydrogen-bond acceptors (Lipinski definition) is 6. The van der Waals surface area contributed by atoms with E-state index >= 15 is 0 Å². The highest BCUT2D eigenvalue weighted by Crippen LogP contribution is 2.24. The van der Waals surface area contributed by atoms with Gasteiger partial charge in [-0.05, 0) is 72.2 Å². The molecule has 0 saturated carbocycles. The van der Waals surface area contributed by atoms with E-state index in [9.17, 15) is 4.79 Å². The van der Waals surface area contributed by atoms with Crippen molar-refractivity contribution in [3.8, 4) is 17.0 Å². The maximum atomic E-state index is 12.6. The molecule has 7 nitrogen and oxygen atoms in total. The first kappa shape index (κ1) is 25.4. The van der Waals surface area contributed by atoms with Crippen LogP contribution in [0.25, 0.3) is 17.3 Å². The molecule has 1 amide bonds. The van der Waals surface area contributed by atoms with Crippen molar-refractivity contribution in [2.75, 3.05) is 10.6 Å². The summed E-state index contributed by atoms with van der Waals surface area (Å²) >= 11 is 0. The summed E-state index contributed by atoms with van der Waals surface area (Å²) in [6.07, 6.45) is 8.45. The second kappa shape index (κ2) is 12.3. The maximum Gasteiger partial charge on any atom is 0.248 e. The number of nitrogens with zero attached hydrogens (tertiary/aromatic N) is 3. The minimum absolute atomic E-state index is 0.232. The molecule has 0 fully saturated rings. The van der Waals surface area contributed by atoms with E-state index < -0.39 is 0 Å². The second-order valence-electron chi connectivity index (χ2n) is 8.83. The normalized spacial score (nSPS) is 10.8. The van der Waals surface area contributed by atoms with E-state index in [-0.39, 0.29) is 5.91 Å². The zero-order valence-electron chi connectivity index (χ0n) is 21.4. The van der Waals surface area contributed by atoms with Crippen molar-refractivity contribution in [1.29, 1.82) is 0 Å². The smallest absolute Gasteiger partial charge is 0.248 e. The van der Waals surface area contributed by atoms with Crippen LogP contribution in [0.2, 0.25) is 0 Å². The molecular weight excluding hydrogens is 486 g/mol. The molecule has 5 rings (SSSR count). The highest BCUT2D eigenvalue weighted by Gasteiger charge is 2.07. The van der Waals surface area contributed by atoms with Gasteiger partial charge in [0.2, 0.25) is 11.9 Å². The van der Waals surface area contributed by atoms with Crippen molar-refractivity contribution in [2.45, 2.75) is 13.5 Å². The SMILES string of the molecule is Cc1ccc(NC(=O)/C=C/c2ccc(OCc3ccccc3)cc2)cc1Nc1nccc(-c2cccnc2)n1. The van der Waals surface area contributed by atoms with Gasteiger partial charge in [-0.2, -0.15) is 0 Å². The number of aromatic nitrogens is 3. The molecule has 2 aromatic heterocycles. The Bertz CT molecular complexity index is 1570. The van der Waals surface area contributed by atoms with Gasteiger partial charge in [0.05, 0.1) is 5.69 Å². The number of nitrogens with one attached hydrogen (secondary N) is 2. The Balaban J connectivity index is 1.19. The fourth-order valence-corrected chi connectivity index (χ4v) is 3.82. The van der Waals surface area contributed by atoms with E-state index in [0.29, 0.717) is 18.2 Å². The topological polar surface area (TPSA) is 89.0 Å². The van der Waals surface area contributed by atoms with Crippen LogP contribution in [-0.2, 0) is 11.4 Å². The van der Waals surface area contributed by atoms with E-state index in [1.54, 1.807) is 24.7 Å². The number of carbonyl (C=O) groups excluding carboxylic acids is 1. The Labute approximate surface area is 227 Å². The van der Waals surface area contributed by atoms with Gasteiger partial charge in [-0.25, -0.2) is 9.97 Å². The van der Waals surface area contributed by atoms with Crippen LogP contribution in [0.5, 0.6) is 5.75 Å². The molecule has 0 saturated heterocycles. The lowest BCUT2D eigenvalue weighted by Gasteiger charge is -2.11. The van der Waals surface area contributed by atoms with Crippen LogP contribution >= 0.6 is 0 Å². The van der Waals surface area contributed by atoms with Gasteiger partial charge in [-0.1, -0.05) is 48.5 Å². The minimum atomic E-state index is -0.232. The van der Waals surface area contributed by atoms with Crippen LogP contribution in [0, 0.1) is 6.92 Å². The van der Waals surface area contributed by atoms with Gasteiger partial charge >= 0.3 is 0 Å². The summed E-state index contributed by atoms with van der Waals surface area (Å²) in [6, 6.07) is 28.9. The predicted octanol–water partition coefficient (Wildman–Crippen LogP) is 6.82. The van der Waals surface area contributed by atoms with Crippen molar-refractivity contribution in [2.24, 2.45) is 0 Å². The Morgan fingerprint density at radius 1 is 0.923 bits per heavy atom. The molecule has 0 aliphatic carbocycles. The van der Waals surface area contributed by atoms with E-state index in [1.165, 1.54) is 6.08 Å². The van der Waals surface area contributed by atoms with Gasteiger partial charge in [0.1, 0.15) is 12.4 Å². The molecule has 0 bridgehead atoms. The molecule has 39 heavy (non-hydrogen) atoms. The monoisotopic (exact) mass is 513 g/mol. The Kier molecular flexibility index (Phi) is 7.99. The number of hydrogen-bond donors (Lipinski definition) is 2. The van der Waals surface area contributed by atoms with Gasteiger partial charge in [0.25, 0.3) is 0 Å². The number of anilines is 3. The van der Waals surface area contributed by atoms with Crippen LogP contribution in [0.15, 0.2) is 116 Å². The van der Waals surface area contributed by atoms with Crippen LogP contribution in [0.4, 0.5) is 17.3 Å². The lowest BCUT2D eigenvalue weighted by Crippen LogP contribution is -2.08. The summed E-state index contributed by atoms with van der Waals surface area (Å²) in [5, 5.41) is 6.17. The standard InChI is InChI=1S/C32H27N5O2/c1-23-9-13-27(20-30(23)37-32-34-19-17-29(36-32)26-8-5-18-33-21-26)35-31(38)16-12-24-10-14-28(15-11-24)39-22-25-6-3-2-4-7-25/h2-21H,22H2,1H3,(H,35,38)(H,34,36,37)/b16-12+. The molecular formula is C32H27N5O2. The Morgan fingerprint density at radius 2 is 1.77 bits per heavy atom. The first-order valence-corrected chi connectivity index (χ1v) is 12.5. The summed E-state index contributed by atoms with van der Waals surface area (Å²) in [7, 11) is 0. The zero-order chi connectivity index (χ0) is 26.9. The third kappa shape index (κ3) is 7.14. The largest absolute Gasteiger partial charge is 0.489 e. The fraction of sp³-hybridized carbons (Fsp3) is 0.0625. The molecule has 2 heterocycles. The number of rotatable bonds is 9. The lowest BCUT2D eigenvalue weighted by molar-refractivity contribution is -0.111. The quantitative estimate of drug-likeness (QED) is 0.210. The highest BCUT2D eigenvalue weighted by atomic mass is 16.5. The summed E-state index contributed by atoms with van der Waals surface area (Å²) in [4.78, 5) is 25.7. The average molecular weight is 514 g/mol. The Hall–Kier alpha value is -5.30. The van der Waals surface area contributed by atoms with Crippen molar-refractivity contribution in [3.63, 3.8) is 0 Å². The van der Waals surface area contributed by atoms with Gasteiger partial charge in [0, 0.05) is 41.6 Å². The summed E-state index contributed by atoms with van der Waals surface area (Å²) < 4.78 is 5.82. The number of pyridine rings is 1. The summed E-state index contributed by atoms with van der Waals surface area (Å²) in [6.45, 7) is 2.49. The molecule has 192 valence electrons. The van der Waals surface area contributed by atoms with Crippen LogP contribution < -0.4 is 15.4 Å². The van der Waals surface area contributed by atoms with E-state index in [4.69, 9.17) is 4.74 Å². The number of carbonyl (C=O) groups is 1. The first-order chi connectivity index (χ1) is 19.1. The summed E-state index contributed by atoms with van der Waals surface area (Å²) in [5.74, 6) is 0.998. The molecule has 0 atom stereocenters. The molecule has 0 aliphatic heterocycles. The number of ether oxygens (including phenoxy) is 1. The molecule has 5 aromatic rings. The van der Waals surface area contributed by atoms with Crippen molar-refractivity contribution >= 4 is 29.3 Å². The van der Waals surface area contributed by atoms with Crippen molar-refractivity contribution in [3.05, 3.63) is 132 Å². The third-order valence-electron chi connectivity index (χ3n) is 5.92. The highest BCUT2D eigenvalue weighted by molar-refractivity contribution is 6.02. The van der Waals surface area contributed by atoms with Gasteiger partial charge < -0.3 is 15.4 Å². The van der Waals surface area contributed by atoms with Gasteiger partial charge in [0.15, 0.2) is 0 Å². The van der Waals surface area contributed by atoms with Gasteiger partial charge in [-0.15, -0.1) is 0 Å². The lowest BCUT2D eigenvalue weighted by atomic mass is 10.1. The average Bonchev–Trinajstić information content (AvgIpc) is 2.98. The van der Waals surface area contributed by atoms with Crippen molar-refractivity contribution in [1.82, 2.24) is 15.0 Å². The number of aryl methyl sites for hydroxylation is 1. The predicted molar refractivity (Wildman–Crippen MR) is 155 cm³/mol. The molecule has 0 unspecified atom stereocenters. The molecule has 7 heteroatoms. The van der Waals surface area contributed by atoms with E-state index in [0.717, 1.165) is 39.4 Å². The third-order valence-corrected chi connectivity index (χ3v) is 5.92. The molecule has 2 N–H and O–H groups in total. The van der Waals surface area contributed by atoms with Crippen molar-refractivity contribution < 1.29 is 9.53 Å². The fourth-order valence-electron chi connectivity index (χ4n) is 3.82. The first-order valence-electron chi connectivity index (χ1n) is 12.5. The van der Waals surface area contributed by atoms with Crippen LogP contribution in [0.3, 0.4) is 0 Å². The maximum absolute atomic E-state index is 12.6.